The van der Waals surface area contributed by atoms with E-state index in [4.69, 9.17) is 4.89 Å². The Labute approximate surface area is 86.4 Å². The number of hydrogen-bond acceptors (Lipinski definition) is 2. The van der Waals surface area contributed by atoms with E-state index in [0.29, 0.717) is 6.61 Å². The van der Waals surface area contributed by atoms with E-state index in [1.54, 1.807) is 6.92 Å². The van der Waals surface area contributed by atoms with Gasteiger partial charge in [-0.05, 0) is 6.92 Å². The van der Waals surface area contributed by atoms with Crippen LogP contribution in [0.4, 0.5) is 0 Å². The van der Waals surface area contributed by atoms with Crippen molar-refractivity contribution in [1.29, 1.82) is 0 Å². The molecule has 0 heterocycles. The molecule has 0 aromatic rings. The van der Waals surface area contributed by atoms with E-state index in [1.807, 2.05) is 0 Å². The predicted octanol–water partition coefficient (Wildman–Crippen LogP) is 0.517. The second-order valence-electron chi connectivity index (χ2n) is 0.656. The summed E-state index contributed by atoms with van der Waals surface area (Å²) in [6, 6.07) is 0. The fourth-order valence-corrected chi connectivity index (χ4v) is 0.331. The van der Waals surface area contributed by atoms with E-state index >= 15 is 0 Å². The van der Waals surface area contributed by atoms with E-state index in [1.165, 1.54) is 0 Å². The summed E-state index contributed by atoms with van der Waals surface area (Å²) in [5.74, 6) is 0. The Hall–Kier alpha value is 1.59. The van der Waals surface area contributed by atoms with Gasteiger partial charge < -0.3 is 2.85 Å². The first-order valence-corrected chi connectivity index (χ1v) is 2.69. The van der Waals surface area contributed by atoms with Crippen LogP contribution in [0.3, 0.4) is 0 Å². The van der Waals surface area contributed by atoms with Gasteiger partial charge in [0, 0.05) is 4.57 Å². The van der Waals surface area contributed by atoms with Gasteiger partial charge in [0.05, 0.1) is 0 Å². The van der Waals surface area contributed by atoms with Gasteiger partial charge in [0.25, 0.3) is 0 Å². The van der Waals surface area contributed by atoms with Crippen molar-refractivity contribution in [3.05, 3.63) is 0 Å². The molecule has 5 heteroatoms. The Morgan fingerprint density at radius 2 is 2.43 bits per heavy atom. The summed E-state index contributed by atoms with van der Waals surface area (Å²) in [5.41, 5.74) is 0. The molecule has 0 saturated heterocycles. The van der Waals surface area contributed by atoms with Gasteiger partial charge in [-0.25, -0.2) is 0 Å². The summed E-state index contributed by atoms with van der Waals surface area (Å²) in [6.45, 7) is 1.95. The zero-order valence-electron chi connectivity index (χ0n) is 6.13. The molecule has 0 aliphatic rings. The van der Waals surface area contributed by atoms with Crippen molar-refractivity contribution < 1.29 is 16.8 Å². The average Bonchev–Trinajstić information content (AvgIpc) is 1.35. The van der Waals surface area contributed by atoms with Gasteiger partial charge in [0.1, 0.15) is 6.61 Å². The maximum Gasteiger partial charge on any atom is 2.00 e. The Kier molecular flexibility index (Phi) is 12.4. The molecule has 0 bridgehead atoms. The molecule has 0 aromatic carbocycles. The van der Waals surface area contributed by atoms with E-state index in [2.05, 4.69) is 4.52 Å². The molecule has 1 N–H and O–H groups in total. The normalized spacial score (nSPS) is 9.71. The zero-order valence-corrected chi connectivity index (χ0v) is 9.46. The Balaban J connectivity index is -0.0000000417. The largest absolute Gasteiger partial charge is 2.00 e. The summed E-state index contributed by atoms with van der Waals surface area (Å²) >= 11 is 0. The molecule has 40 valence electrons. The maximum atomic E-state index is 9.53. The van der Waals surface area contributed by atoms with E-state index in [-0.39, 0.29) is 51.7 Å². The second kappa shape index (κ2) is 7.59. The molecule has 0 radical (unpaired) electrons. The fraction of sp³-hybridized carbons (Fsp3) is 1.00. The van der Waals surface area contributed by atoms with Gasteiger partial charge in [-0.15, -0.1) is 9.42 Å². The monoisotopic (exact) mass is 249 g/mol. The minimum atomic E-state index is -2.35. The van der Waals surface area contributed by atoms with Crippen molar-refractivity contribution in [3.63, 3.8) is 0 Å². The van der Waals surface area contributed by atoms with Crippen molar-refractivity contribution in [2.75, 3.05) is 6.61 Å². The topological polar surface area (TPSA) is 46.5 Å². The molecular formula is C2H8BaO3P+. The van der Waals surface area contributed by atoms with Crippen molar-refractivity contribution in [3.8, 4) is 0 Å². The zero-order chi connectivity index (χ0) is 4.99. The molecule has 0 aromatic heterocycles. The third kappa shape index (κ3) is 11.3. The van der Waals surface area contributed by atoms with Crippen LogP contribution in [0.2, 0.25) is 0 Å². The minimum absolute atomic E-state index is 0. The molecule has 0 fully saturated rings. The fourth-order valence-electron chi connectivity index (χ4n) is 0.110. The van der Waals surface area contributed by atoms with E-state index in [0.717, 1.165) is 0 Å². The molecule has 0 rings (SSSR count). The summed E-state index contributed by atoms with van der Waals surface area (Å²) < 4.78 is 13.6. The smallest absolute Gasteiger partial charge is 1.00 e. The van der Waals surface area contributed by atoms with Crippen molar-refractivity contribution >= 4 is 57.1 Å². The molecule has 0 aliphatic carbocycles. The van der Waals surface area contributed by atoms with Crippen molar-refractivity contribution in [2.45, 2.75) is 6.92 Å². The Morgan fingerprint density at radius 1 is 2.00 bits per heavy atom. The minimum Gasteiger partial charge on any atom is -1.00 e. The van der Waals surface area contributed by atoms with Crippen LogP contribution in [0.5, 0.6) is 0 Å². The maximum absolute atomic E-state index is 9.53. The standard InChI is InChI=1S/C2H5O3P.Ba.2H/c1-2-5-6(3)4;;;/h2H2,1H3;;;/q;+2;2*-1/p+1. The van der Waals surface area contributed by atoms with E-state index in [9.17, 15) is 4.57 Å². The summed E-state index contributed by atoms with van der Waals surface area (Å²) in [6.07, 6.45) is 0. The predicted molar refractivity (Wildman–Crippen MR) is 29.4 cm³/mol. The molecule has 1 atom stereocenters. The van der Waals surface area contributed by atoms with Crippen LogP contribution >= 0.6 is 8.25 Å². The van der Waals surface area contributed by atoms with Crippen LogP contribution in [0.1, 0.15) is 9.78 Å². The molecule has 1 unspecified atom stereocenters. The Morgan fingerprint density at radius 3 is 2.43 bits per heavy atom. The van der Waals surface area contributed by atoms with E-state index < -0.39 is 8.25 Å². The summed E-state index contributed by atoms with van der Waals surface area (Å²) in [4.78, 5) is 7.84. The van der Waals surface area contributed by atoms with Gasteiger partial charge in [0.15, 0.2) is 0 Å². The number of rotatable bonds is 2. The van der Waals surface area contributed by atoms with Crippen LogP contribution in [0, 0.1) is 0 Å². The molecular weight excluding hydrogens is 240 g/mol. The summed E-state index contributed by atoms with van der Waals surface area (Å²) in [5, 5.41) is 0. The molecule has 7 heavy (non-hydrogen) atoms. The first-order valence-electron chi connectivity index (χ1n) is 1.56. The molecule has 0 saturated carbocycles. The SMILES string of the molecule is CCO[P+](=O)O.[Ba+2].[H-].[H-]. The second-order valence-corrected chi connectivity index (χ2v) is 1.39. The van der Waals surface area contributed by atoms with Crippen LogP contribution in [0.25, 0.3) is 0 Å². The van der Waals surface area contributed by atoms with Crippen LogP contribution in [-0.4, -0.2) is 60.4 Å². The van der Waals surface area contributed by atoms with Crippen LogP contribution < -0.4 is 0 Å². The molecule has 0 amide bonds. The van der Waals surface area contributed by atoms with Gasteiger partial charge in [-0.3, -0.25) is 0 Å². The Bertz CT molecular complexity index is 63.8. The van der Waals surface area contributed by atoms with Gasteiger partial charge >= 0.3 is 57.1 Å². The first kappa shape index (κ1) is 11.4. The first-order chi connectivity index (χ1) is 2.77. The third-order valence-electron chi connectivity index (χ3n) is 0.240. The molecule has 3 nitrogen and oxygen atoms in total. The average molecular weight is 248 g/mol. The third-order valence-corrected chi connectivity index (χ3v) is 0.719. The van der Waals surface area contributed by atoms with Gasteiger partial charge in [-0.2, -0.15) is 0 Å². The van der Waals surface area contributed by atoms with Crippen LogP contribution in [-0.2, 0) is 9.09 Å². The van der Waals surface area contributed by atoms with Gasteiger partial charge in [-0.1, -0.05) is 0 Å². The summed E-state index contributed by atoms with van der Waals surface area (Å²) in [7, 11) is -2.35. The molecule has 0 aliphatic heterocycles. The quantitative estimate of drug-likeness (QED) is 0.572. The molecule has 0 spiro atoms. The van der Waals surface area contributed by atoms with Gasteiger partial charge in [0.2, 0.25) is 0 Å². The van der Waals surface area contributed by atoms with Crippen molar-refractivity contribution in [2.24, 2.45) is 0 Å². The van der Waals surface area contributed by atoms with Crippen LogP contribution in [0.15, 0.2) is 0 Å². The van der Waals surface area contributed by atoms with Crippen molar-refractivity contribution in [1.82, 2.24) is 0 Å². The number of hydrogen-bond donors (Lipinski definition) is 1.